The fourth-order valence-electron chi connectivity index (χ4n) is 8.86. The number of fused-ring (bicyclic) bond motifs is 1. The highest BCUT2D eigenvalue weighted by atomic mass is 32.2. The highest BCUT2D eigenvalue weighted by molar-refractivity contribution is 7.89. The van der Waals surface area contributed by atoms with Gasteiger partial charge in [-0.05, 0) is 79.2 Å². The van der Waals surface area contributed by atoms with Crippen molar-refractivity contribution < 1.29 is 22.0 Å². The van der Waals surface area contributed by atoms with E-state index in [1.54, 1.807) is 0 Å². The van der Waals surface area contributed by atoms with E-state index in [9.17, 15) is 22.0 Å². The van der Waals surface area contributed by atoms with Crippen LogP contribution in [0.25, 0.3) is 0 Å². The number of hydrogen-bond acceptors (Lipinski definition) is 5. The van der Waals surface area contributed by atoms with Crippen LogP contribution < -0.4 is 5.32 Å². The summed E-state index contributed by atoms with van der Waals surface area (Å²) in [5.74, 6) is -1.57. The van der Waals surface area contributed by atoms with Crippen LogP contribution in [0.3, 0.4) is 0 Å². The lowest BCUT2D eigenvalue weighted by Gasteiger charge is -2.65. The Hall–Kier alpha value is -2.46. The van der Waals surface area contributed by atoms with Gasteiger partial charge in [-0.25, -0.2) is 27.2 Å². The van der Waals surface area contributed by atoms with Gasteiger partial charge in [0.05, 0.1) is 12.2 Å². The number of carbonyl (C=O) groups is 1. The molecule has 2 heterocycles. The summed E-state index contributed by atoms with van der Waals surface area (Å²) in [6, 6.07) is 3.11. The average Bonchev–Trinajstić information content (AvgIpc) is 2.77. The van der Waals surface area contributed by atoms with Crippen molar-refractivity contribution in [1.29, 1.82) is 0 Å². The number of nitrogens with zero attached hydrogens (tertiary/aromatic N) is 3. The maximum Gasteiger partial charge on any atom is 0.246 e. The molecular weight excluding hydrogens is 498 g/mol. The standard InChI is InChI=1S/C27H32F2N4O3S/c1-25-8-17-9-26(2,13-25)15-27(10-17,14-25)11-22(34)32-24-18-6-7-33(12-20(18)30-16-31-24)37(35,36)21-5-3-4-19(28)23(21)29/h3-5,16-17H,6-15H2,1-2H3,(H,30,31,32,34). The lowest BCUT2D eigenvalue weighted by Crippen LogP contribution is -2.55. The van der Waals surface area contributed by atoms with Crippen molar-refractivity contribution in [3.63, 3.8) is 0 Å². The maximum absolute atomic E-state index is 14.3. The number of sulfonamides is 1. The second kappa shape index (κ2) is 8.27. The molecule has 1 aliphatic heterocycles. The molecule has 1 aromatic carbocycles. The van der Waals surface area contributed by atoms with Gasteiger partial charge in [-0.2, -0.15) is 4.31 Å². The molecule has 37 heavy (non-hydrogen) atoms. The molecule has 7 nitrogen and oxygen atoms in total. The molecule has 5 aliphatic rings. The van der Waals surface area contributed by atoms with Crippen LogP contribution in [0.15, 0.2) is 29.4 Å². The fourth-order valence-corrected chi connectivity index (χ4v) is 10.3. The van der Waals surface area contributed by atoms with E-state index in [0.717, 1.165) is 35.7 Å². The Kier molecular flexibility index (Phi) is 5.55. The maximum atomic E-state index is 14.3. The van der Waals surface area contributed by atoms with Crippen LogP contribution in [0.5, 0.6) is 0 Å². The molecule has 1 amide bonds. The number of nitrogens with one attached hydrogen (secondary N) is 1. The van der Waals surface area contributed by atoms with Crippen LogP contribution in [-0.2, 0) is 27.8 Å². The zero-order valence-corrected chi connectivity index (χ0v) is 22.0. The zero-order chi connectivity index (χ0) is 26.2. The molecule has 198 valence electrons. The predicted octanol–water partition coefficient (Wildman–Crippen LogP) is 4.83. The van der Waals surface area contributed by atoms with Crippen LogP contribution in [0.1, 0.15) is 70.1 Å². The number of benzene rings is 1. The van der Waals surface area contributed by atoms with E-state index in [4.69, 9.17) is 0 Å². The van der Waals surface area contributed by atoms with Gasteiger partial charge in [-0.1, -0.05) is 19.9 Å². The molecule has 0 radical (unpaired) electrons. The van der Waals surface area contributed by atoms with Gasteiger partial charge in [0.2, 0.25) is 15.9 Å². The molecule has 2 unspecified atom stereocenters. The summed E-state index contributed by atoms with van der Waals surface area (Å²) < 4.78 is 55.1. The Morgan fingerprint density at radius 3 is 2.54 bits per heavy atom. The van der Waals surface area contributed by atoms with Crippen LogP contribution >= 0.6 is 0 Å². The molecular formula is C27H32F2N4O3S. The highest BCUT2D eigenvalue weighted by Gasteiger charge is 2.60. The van der Waals surface area contributed by atoms with E-state index in [0.29, 0.717) is 40.2 Å². The van der Waals surface area contributed by atoms with Crippen molar-refractivity contribution in [3.8, 4) is 0 Å². The first-order valence-electron chi connectivity index (χ1n) is 13.0. The normalized spacial score (nSPS) is 32.8. The van der Waals surface area contributed by atoms with Crippen molar-refractivity contribution in [2.45, 2.75) is 76.7 Å². The van der Waals surface area contributed by atoms with Gasteiger partial charge in [-0.3, -0.25) is 4.79 Å². The van der Waals surface area contributed by atoms with Crippen molar-refractivity contribution in [2.75, 3.05) is 11.9 Å². The summed E-state index contributed by atoms with van der Waals surface area (Å²) in [6.07, 6.45) is 9.09. The smallest absolute Gasteiger partial charge is 0.246 e. The second-order valence-electron chi connectivity index (χ2n) is 12.6. The van der Waals surface area contributed by atoms with E-state index in [-0.39, 0.29) is 30.8 Å². The number of rotatable bonds is 5. The molecule has 4 aliphatic carbocycles. The Balaban J connectivity index is 1.19. The highest BCUT2D eigenvalue weighted by Crippen LogP contribution is 2.70. The van der Waals surface area contributed by atoms with Crippen molar-refractivity contribution in [1.82, 2.24) is 14.3 Å². The van der Waals surface area contributed by atoms with Gasteiger partial charge in [0.25, 0.3) is 0 Å². The minimum absolute atomic E-state index is 0.0278. The summed E-state index contributed by atoms with van der Waals surface area (Å²) in [5.41, 5.74) is 1.80. The van der Waals surface area contributed by atoms with Gasteiger partial charge in [-0.15, -0.1) is 0 Å². The number of hydrogen-bond donors (Lipinski definition) is 1. The van der Waals surface area contributed by atoms with Gasteiger partial charge < -0.3 is 5.32 Å². The fraction of sp³-hybridized carbons (Fsp3) is 0.593. The first-order valence-corrected chi connectivity index (χ1v) is 14.4. The van der Waals surface area contributed by atoms with E-state index < -0.39 is 26.6 Å². The molecule has 0 spiro atoms. The largest absolute Gasteiger partial charge is 0.310 e. The summed E-state index contributed by atoms with van der Waals surface area (Å²) in [6.45, 7) is 4.71. The molecule has 2 aromatic rings. The van der Waals surface area contributed by atoms with Gasteiger partial charge >= 0.3 is 0 Å². The Morgan fingerprint density at radius 1 is 1.11 bits per heavy atom. The van der Waals surface area contributed by atoms with E-state index >= 15 is 0 Å². The first-order chi connectivity index (χ1) is 17.4. The number of anilines is 1. The molecule has 10 heteroatoms. The monoisotopic (exact) mass is 530 g/mol. The topological polar surface area (TPSA) is 92.3 Å². The lowest BCUT2D eigenvalue weighted by atomic mass is 9.40. The molecule has 4 bridgehead atoms. The molecule has 4 fully saturated rings. The van der Waals surface area contributed by atoms with Crippen molar-refractivity contribution >= 4 is 21.7 Å². The molecule has 2 atom stereocenters. The van der Waals surface area contributed by atoms with E-state index in [1.165, 1.54) is 31.7 Å². The summed E-state index contributed by atoms with van der Waals surface area (Å²) >= 11 is 0. The van der Waals surface area contributed by atoms with Crippen LogP contribution in [-0.4, -0.2) is 35.1 Å². The third-order valence-corrected chi connectivity index (χ3v) is 10.9. The minimum Gasteiger partial charge on any atom is -0.310 e. The average molecular weight is 531 g/mol. The summed E-state index contributed by atoms with van der Waals surface area (Å²) in [5, 5.41) is 3.00. The Morgan fingerprint density at radius 2 is 1.84 bits per heavy atom. The van der Waals surface area contributed by atoms with Gasteiger partial charge in [0.15, 0.2) is 11.6 Å². The minimum atomic E-state index is -4.27. The molecule has 4 saturated carbocycles. The SMILES string of the molecule is CC12CC3CC(C)(C1)CC(CC(=O)Nc1ncnc4c1CCN(S(=O)(=O)c1cccc(F)c1F)C4)(C3)C2. The molecule has 0 saturated heterocycles. The molecule has 7 rings (SSSR count). The predicted molar refractivity (Wildman–Crippen MR) is 133 cm³/mol. The first kappa shape index (κ1) is 24.9. The van der Waals surface area contributed by atoms with Crippen molar-refractivity contribution in [3.05, 3.63) is 47.4 Å². The number of halogens is 2. The zero-order valence-electron chi connectivity index (χ0n) is 21.2. The van der Waals surface area contributed by atoms with E-state index in [1.807, 2.05) is 0 Å². The van der Waals surface area contributed by atoms with Gasteiger partial charge in [0.1, 0.15) is 17.0 Å². The lowest BCUT2D eigenvalue weighted by molar-refractivity contribution is -0.153. The number of aromatic nitrogens is 2. The number of carbonyl (C=O) groups excluding carboxylic acids is 1. The van der Waals surface area contributed by atoms with E-state index in [2.05, 4.69) is 29.1 Å². The van der Waals surface area contributed by atoms with Crippen LogP contribution in [0, 0.1) is 33.8 Å². The molecule has 1 aromatic heterocycles. The second-order valence-corrected chi connectivity index (χ2v) is 14.5. The number of amides is 1. The van der Waals surface area contributed by atoms with Crippen molar-refractivity contribution in [2.24, 2.45) is 22.2 Å². The third kappa shape index (κ3) is 4.26. The molecule has 1 N–H and O–H groups in total. The van der Waals surface area contributed by atoms with Crippen LogP contribution in [0.4, 0.5) is 14.6 Å². The van der Waals surface area contributed by atoms with Gasteiger partial charge in [0, 0.05) is 18.5 Å². The quantitative estimate of drug-likeness (QED) is 0.598. The third-order valence-electron chi connectivity index (χ3n) is 9.04. The Labute approximate surface area is 216 Å². The summed E-state index contributed by atoms with van der Waals surface area (Å²) in [4.78, 5) is 21.2. The van der Waals surface area contributed by atoms with Crippen LogP contribution in [0.2, 0.25) is 0 Å². The summed E-state index contributed by atoms with van der Waals surface area (Å²) in [7, 11) is -4.27. The Bertz CT molecular complexity index is 1380.